The zero-order chi connectivity index (χ0) is 8.97. The molecule has 0 aliphatic heterocycles. The van der Waals surface area contributed by atoms with Gasteiger partial charge in [0.05, 0.1) is 0 Å². The molecule has 0 aliphatic rings. The Morgan fingerprint density at radius 3 is 1.93 bits per heavy atom. The van der Waals surface area contributed by atoms with Crippen LogP contribution in [0.1, 0.15) is 5.56 Å². The number of rotatable bonds is 3. The third kappa shape index (κ3) is 4.70. The van der Waals surface area contributed by atoms with Crippen LogP contribution in [0.3, 0.4) is 0 Å². The topological polar surface area (TPSA) is 15.3 Å². The molecule has 4 heteroatoms. The SMILES string of the molecule is CNCc1ccc(N(C)C)cc1.Cl.Cl. The summed E-state index contributed by atoms with van der Waals surface area (Å²) in [6.45, 7) is 0.938. The fourth-order valence-electron chi connectivity index (χ4n) is 1.12. The summed E-state index contributed by atoms with van der Waals surface area (Å²) in [6.07, 6.45) is 0. The Bertz CT molecular complexity index is 234. The molecule has 1 aromatic carbocycles. The van der Waals surface area contributed by atoms with Gasteiger partial charge in [0, 0.05) is 26.3 Å². The van der Waals surface area contributed by atoms with Crippen molar-refractivity contribution in [1.82, 2.24) is 5.32 Å². The molecule has 0 bridgehead atoms. The Morgan fingerprint density at radius 1 is 1.07 bits per heavy atom. The first-order valence-electron chi connectivity index (χ1n) is 4.15. The maximum absolute atomic E-state index is 3.12. The molecule has 1 N–H and O–H groups in total. The molecule has 0 saturated carbocycles. The summed E-state index contributed by atoms with van der Waals surface area (Å²) in [5.74, 6) is 0. The van der Waals surface area contributed by atoms with Crippen LogP contribution >= 0.6 is 24.8 Å². The molecule has 82 valence electrons. The second-order valence-corrected chi connectivity index (χ2v) is 3.09. The standard InChI is InChI=1S/C10H16N2.2ClH/c1-11-8-9-4-6-10(7-5-9)12(2)3;;/h4-7,11H,8H2,1-3H3;2*1H. The molecule has 0 amide bonds. The number of benzene rings is 1. The van der Waals surface area contributed by atoms with E-state index in [0.29, 0.717) is 0 Å². The second kappa shape index (κ2) is 7.92. The first kappa shape index (κ1) is 16.0. The summed E-state index contributed by atoms with van der Waals surface area (Å²) in [5, 5.41) is 3.12. The minimum absolute atomic E-state index is 0. The molecule has 0 unspecified atom stereocenters. The van der Waals surface area contributed by atoms with Gasteiger partial charge in [0.1, 0.15) is 0 Å². The third-order valence-corrected chi connectivity index (χ3v) is 1.83. The summed E-state index contributed by atoms with van der Waals surface area (Å²) in [4.78, 5) is 2.10. The van der Waals surface area contributed by atoms with Crippen molar-refractivity contribution in [2.75, 3.05) is 26.0 Å². The summed E-state index contributed by atoms with van der Waals surface area (Å²) in [5.41, 5.74) is 2.57. The Kier molecular flexibility index (Phi) is 9.05. The van der Waals surface area contributed by atoms with Crippen LogP contribution in [0, 0.1) is 0 Å². The molecule has 1 rings (SSSR count). The van der Waals surface area contributed by atoms with E-state index in [2.05, 4.69) is 34.5 Å². The maximum Gasteiger partial charge on any atom is 0.0361 e. The van der Waals surface area contributed by atoms with E-state index in [1.54, 1.807) is 0 Å². The first-order valence-corrected chi connectivity index (χ1v) is 4.15. The second-order valence-electron chi connectivity index (χ2n) is 3.09. The summed E-state index contributed by atoms with van der Waals surface area (Å²) in [7, 11) is 6.06. The smallest absolute Gasteiger partial charge is 0.0361 e. The van der Waals surface area contributed by atoms with Crippen molar-refractivity contribution in [3.05, 3.63) is 29.8 Å². The molecule has 0 aromatic heterocycles. The van der Waals surface area contributed by atoms with Gasteiger partial charge in [-0.3, -0.25) is 0 Å². The number of nitrogens with zero attached hydrogens (tertiary/aromatic N) is 1. The van der Waals surface area contributed by atoms with Crippen LogP contribution in [-0.4, -0.2) is 21.1 Å². The third-order valence-electron chi connectivity index (χ3n) is 1.83. The number of anilines is 1. The molecular weight excluding hydrogens is 219 g/mol. The monoisotopic (exact) mass is 236 g/mol. The lowest BCUT2D eigenvalue weighted by Crippen LogP contribution is -2.09. The predicted molar refractivity (Wildman–Crippen MR) is 68.0 cm³/mol. The first-order chi connectivity index (χ1) is 5.74. The van der Waals surface area contributed by atoms with Crippen molar-refractivity contribution in [3.63, 3.8) is 0 Å². The number of halogens is 2. The normalized spacial score (nSPS) is 8.50. The quantitative estimate of drug-likeness (QED) is 0.867. The van der Waals surface area contributed by atoms with Gasteiger partial charge in [-0.2, -0.15) is 0 Å². The van der Waals surface area contributed by atoms with Crippen molar-refractivity contribution >= 4 is 30.5 Å². The van der Waals surface area contributed by atoms with E-state index in [1.165, 1.54) is 11.3 Å². The lowest BCUT2D eigenvalue weighted by Gasteiger charge is -2.12. The Morgan fingerprint density at radius 2 is 1.57 bits per heavy atom. The maximum atomic E-state index is 3.12. The zero-order valence-corrected chi connectivity index (χ0v) is 10.4. The van der Waals surface area contributed by atoms with Crippen LogP contribution in [0.15, 0.2) is 24.3 Å². The molecule has 1 aromatic rings. The van der Waals surface area contributed by atoms with Crippen LogP contribution in [0.4, 0.5) is 5.69 Å². The van der Waals surface area contributed by atoms with Crippen LogP contribution in [0.2, 0.25) is 0 Å². The van der Waals surface area contributed by atoms with E-state index in [4.69, 9.17) is 0 Å². The minimum atomic E-state index is 0. The molecule has 2 nitrogen and oxygen atoms in total. The van der Waals surface area contributed by atoms with Gasteiger partial charge >= 0.3 is 0 Å². The van der Waals surface area contributed by atoms with Crippen LogP contribution in [-0.2, 0) is 6.54 Å². The molecule has 0 saturated heterocycles. The molecule has 0 heterocycles. The van der Waals surface area contributed by atoms with Crippen LogP contribution in [0.25, 0.3) is 0 Å². The summed E-state index contributed by atoms with van der Waals surface area (Å²) >= 11 is 0. The lowest BCUT2D eigenvalue weighted by atomic mass is 10.2. The highest BCUT2D eigenvalue weighted by Crippen LogP contribution is 2.11. The van der Waals surface area contributed by atoms with Gasteiger partial charge < -0.3 is 10.2 Å². The number of hydrogen-bond donors (Lipinski definition) is 1. The molecule has 0 fully saturated rings. The van der Waals surface area contributed by atoms with Crippen molar-refractivity contribution in [1.29, 1.82) is 0 Å². The Balaban J connectivity index is 0. The zero-order valence-electron chi connectivity index (χ0n) is 8.78. The van der Waals surface area contributed by atoms with Gasteiger partial charge in [0.15, 0.2) is 0 Å². The van der Waals surface area contributed by atoms with E-state index in [-0.39, 0.29) is 24.8 Å². The Labute approximate surface area is 98.5 Å². The lowest BCUT2D eigenvalue weighted by molar-refractivity contribution is 0.818. The van der Waals surface area contributed by atoms with Crippen molar-refractivity contribution in [3.8, 4) is 0 Å². The van der Waals surface area contributed by atoms with E-state index >= 15 is 0 Å². The molecule has 0 atom stereocenters. The average Bonchev–Trinajstić information content (AvgIpc) is 2.06. The van der Waals surface area contributed by atoms with Crippen molar-refractivity contribution < 1.29 is 0 Å². The highest BCUT2D eigenvalue weighted by molar-refractivity contribution is 5.85. The largest absolute Gasteiger partial charge is 0.378 e. The highest BCUT2D eigenvalue weighted by atomic mass is 35.5. The molecule has 0 spiro atoms. The molecule has 14 heavy (non-hydrogen) atoms. The number of nitrogens with one attached hydrogen (secondary N) is 1. The predicted octanol–water partition coefficient (Wildman–Crippen LogP) is 2.32. The van der Waals surface area contributed by atoms with Gasteiger partial charge in [0.2, 0.25) is 0 Å². The molecular formula is C10H18Cl2N2. The van der Waals surface area contributed by atoms with Gasteiger partial charge in [-0.05, 0) is 24.7 Å². The average molecular weight is 237 g/mol. The van der Waals surface area contributed by atoms with Crippen LogP contribution in [0.5, 0.6) is 0 Å². The minimum Gasteiger partial charge on any atom is -0.378 e. The summed E-state index contributed by atoms with van der Waals surface area (Å²) in [6, 6.07) is 8.55. The van der Waals surface area contributed by atoms with E-state index in [0.717, 1.165) is 6.54 Å². The molecule has 0 radical (unpaired) electrons. The highest BCUT2D eigenvalue weighted by Gasteiger charge is 1.94. The van der Waals surface area contributed by atoms with Crippen LogP contribution < -0.4 is 10.2 Å². The van der Waals surface area contributed by atoms with Crippen molar-refractivity contribution in [2.45, 2.75) is 6.54 Å². The Hall–Kier alpha value is -0.440. The fourth-order valence-corrected chi connectivity index (χ4v) is 1.12. The molecule has 0 aliphatic carbocycles. The van der Waals surface area contributed by atoms with E-state index < -0.39 is 0 Å². The van der Waals surface area contributed by atoms with Gasteiger partial charge in [-0.25, -0.2) is 0 Å². The van der Waals surface area contributed by atoms with Gasteiger partial charge in [0.25, 0.3) is 0 Å². The fraction of sp³-hybridized carbons (Fsp3) is 0.400. The van der Waals surface area contributed by atoms with Gasteiger partial charge in [-0.1, -0.05) is 12.1 Å². The van der Waals surface area contributed by atoms with E-state index in [1.807, 2.05) is 21.1 Å². The van der Waals surface area contributed by atoms with Crippen molar-refractivity contribution in [2.24, 2.45) is 0 Å². The van der Waals surface area contributed by atoms with Gasteiger partial charge in [-0.15, -0.1) is 24.8 Å². The number of hydrogen-bond acceptors (Lipinski definition) is 2. The van der Waals surface area contributed by atoms with E-state index in [9.17, 15) is 0 Å². The summed E-state index contributed by atoms with van der Waals surface area (Å²) < 4.78 is 0.